The molecule has 0 atom stereocenters. The summed E-state index contributed by atoms with van der Waals surface area (Å²) in [6.07, 6.45) is 0.786. The van der Waals surface area contributed by atoms with E-state index in [1.807, 2.05) is 50.2 Å². The molecular formula is C25H22FN3O2. The third-order valence-electron chi connectivity index (χ3n) is 5.25. The molecule has 1 heterocycles. The monoisotopic (exact) mass is 415 g/mol. The summed E-state index contributed by atoms with van der Waals surface area (Å²) < 4.78 is 15.3. The summed E-state index contributed by atoms with van der Waals surface area (Å²) in [4.78, 5) is 30.5. The van der Waals surface area contributed by atoms with Crippen molar-refractivity contribution in [2.75, 3.05) is 5.32 Å². The van der Waals surface area contributed by atoms with Crippen molar-refractivity contribution in [2.45, 2.75) is 26.8 Å². The van der Waals surface area contributed by atoms with E-state index in [4.69, 9.17) is 0 Å². The molecule has 0 unspecified atom stereocenters. The number of nitrogens with zero attached hydrogens (tertiary/aromatic N) is 2. The van der Waals surface area contributed by atoms with Crippen molar-refractivity contribution < 1.29 is 14.0 Å². The fourth-order valence-corrected chi connectivity index (χ4v) is 3.69. The van der Waals surface area contributed by atoms with Gasteiger partial charge >= 0.3 is 0 Å². The predicted octanol–water partition coefficient (Wildman–Crippen LogP) is 4.92. The van der Waals surface area contributed by atoms with Gasteiger partial charge in [0.25, 0.3) is 0 Å². The van der Waals surface area contributed by atoms with Gasteiger partial charge in [0.05, 0.1) is 11.0 Å². The third-order valence-corrected chi connectivity index (χ3v) is 5.25. The van der Waals surface area contributed by atoms with Crippen LogP contribution >= 0.6 is 0 Å². The van der Waals surface area contributed by atoms with Crippen molar-refractivity contribution in [2.24, 2.45) is 0 Å². The van der Waals surface area contributed by atoms with E-state index in [1.54, 1.807) is 10.6 Å². The van der Waals surface area contributed by atoms with E-state index in [9.17, 15) is 14.0 Å². The number of aryl methyl sites for hydroxylation is 2. The third kappa shape index (κ3) is 4.10. The number of halogens is 1. The van der Waals surface area contributed by atoms with Crippen LogP contribution < -0.4 is 5.32 Å². The molecule has 1 amide bonds. The number of hydrogen-bond donors (Lipinski definition) is 1. The Morgan fingerprint density at radius 1 is 1.03 bits per heavy atom. The molecule has 5 nitrogen and oxygen atoms in total. The number of para-hydroxylation sites is 3. The minimum Gasteiger partial charge on any atom is -0.324 e. The number of hydrogen-bond acceptors (Lipinski definition) is 3. The van der Waals surface area contributed by atoms with E-state index < -0.39 is 11.6 Å². The number of ketones is 1. The fraction of sp³-hybridized carbons (Fsp3) is 0.160. The molecule has 1 aromatic heterocycles. The Morgan fingerprint density at radius 3 is 2.58 bits per heavy atom. The Labute approximate surface area is 179 Å². The SMILES string of the molecule is CCc1cccc(C)c1NC(=O)Cn1c(C(=O)c2cccc(F)c2)nc2ccccc21. The average molecular weight is 415 g/mol. The van der Waals surface area contributed by atoms with Crippen molar-refractivity contribution >= 4 is 28.4 Å². The van der Waals surface area contributed by atoms with Crippen LogP contribution in [0.3, 0.4) is 0 Å². The molecule has 0 bridgehead atoms. The van der Waals surface area contributed by atoms with Gasteiger partial charge in [-0.15, -0.1) is 0 Å². The van der Waals surface area contributed by atoms with Gasteiger partial charge in [0.2, 0.25) is 11.7 Å². The molecule has 6 heteroatoms. The number of anilines is 1. The molecule has 0 aliphatic carbocycles. The van der Waals surface area contributed by atoms with Crippen molar-refractivity contribution in [3.05, 3.63) is 95.1 Å². The summed E-state index contributed by atoms with van der Waals surface area (Å²) in [5, 5.41) is 2.99. The van der Waals surface area contributed by atoms with Gasteiger partial charge in [-0.05, 0) is 48.7 Å². The average Bonchev–Trinajstić information content (AvgIpc) is 3.13. The van der Waals surface area contributed by atoms with Crippen LogP contribution in [-0.2, 0) is 17.8 Å². The highest BCUT2D eigenvalue weighted by molar-refractivity contribution is 6.08. The van der Waals surface area contributed by atoms with Crippen LogP contribution in [-0.4, -0.2) is 21.2 Å². The molecule has 0 aliphatic rings. The summed E-state index contributed by atoms with van der Waals surface area (Å²) in [7, 11) is 0. The Bertz CT molecular complexity index is 1290. The standard InChI is InChI=1S/C25H22FN3O2/c1-3-17-9-6-8-16(2)23(17)28-22(30)15-29-21-13-5-4-12-20(21)27-25(29)24(31)18-10-7-11-19(26)14-18/h4-14H,3,15H2,1-2H3,(H,28,30). The molecule has 0 saturated carbocycles. The maximum absolute atomic E-state index is 13.7. The largest absolute Gasteiger partial charge is 0.324 e. The van der Waals surface area contributed by atoms with E-state index in [1.165, 1.54) is 24.3 Å². The minimum absolute atomic E-state index is 0.0889. The molecule has 156 valence electrons. The van der Waals surface area contributed by atoms with Crippen LogP contribution in [0.5, 0.6) is 0 Å². The van der Waals surface area contributed by atoms with E-state index in [-0.39, 0.29) is 23.8 Å². The van der Waals surface area contributed by atoms with Crippen LogP contribution in [0.2, 0.25) is 0 Å². The zero-order valence-electron chi connectivity index (χ0n) is 17.4. The van der Waals surface area contributed by atoms with E-state index in [0.717, 1.165) is 23.2 Å². The molecule has 1 N–H and O–H groups in total. The molecule has 4 rings (SSSR count). The number of imidazole rings is 1. The van der Waals surface area contributed by atoms with Gasteiger partial charge in [-0.2, -0.15) is 0 Å². The quantitative estimate of drug-likeness (QED) is 0.455. The van der Waals surface area contributed by atoms with Gasteiger partial charge < -0.3 is 9.88 Å². The van der Waals surface area contributed by atoms with Crippen LogP contribution in [0.4, 0.5) is 10.1 Å². The first-order valence-electron chi connectivity index (χ1n) is 10.1. The normalized spacial score (nSPS) is 10.9. The number of rotatable bonds is 6. The molecule has 0 spiro atoms. The smallest absolute Gasteiger partial charge is 0.244 e. The lowest BCUT2D eigenvalue weighted by Crippen LogP contribution is -2.23. The number of carbonyl (C=O) groups is 2. The number of aromatic nitrogens is 2. The highest BCUT2D eigenvalue weighted by atomic mass is 19.1. The zero-order valence-corrected chi connectivity index (χ0v) is 17.4. The molecular weight excluding hydrogens is 393 g/mol. The molecule has 3 aromatic carbocycles. The van der Waals surface area contributed by atoms with Crippen molar-refractivity contribution in [1.82, 2.24) is 9.55 Å². The molecule has 0 saturated heterocycles. The summed E-state index contributed by atoms with van der Waals surface area (Å²) >= 11 is 0. The van der Waals surface area contributed by atoms with E-state index in [0.29, 0.717) is 11.0 Å². The molecule has 0 radical (unpaired) electrons. The first-order valence-corrected chi connectivity index (χ1v) is 10.1. The Morgan fingerprint density at radius 2 is 1.81 bits per heavy atom. The Hall–Kier alpha value is -3.80. The van der Waals surface area contributed by atoms with Gasteiger partial charge in [0.1, 0.15) is 12.4 Å². The summed E-state index contributed by atoms with van der Waals surface area (Å²) in [5.74, 6) is -1.10. The molecule has 0 fully saturated rings. The lowest BCUT2D eigenvalue weighted by Gasteiger charge is -2.14. The number of carbonyl (C=O) groups excluding carboxylic acids is 2. The fourth-order valence-electron chi connectivity index (χ4n) is 3.69. The highest BCUT2D eigenvalue weighted by Crippen LogP contribution is 2.23. The first-order chi connectivity index (χ1) is 15.0. The Kier molecular flexibility index (Phi) is 5.62. The number of nitrogens with one attached hydrogen (secondary N) is 1. The molecule has 31 heavy (non-hydrogen) atoms. The summed E-state index contributed by atoms with van der Waals surface area (Å²) in [6, 6.07) is 18.6. The maximum Gasteiger partial charge on any atom is 0.244 e. The lowest BCUT2D eigenvalue weighted by atomic mass is 10.1. The van der Waals surface area contributed by atoms with Crippen molar-refractivity contribution in [3.8, 4) is 0 Å². The molecule has 0 aliphatic heterocycles. The second-order valence-corrected chi connectivity index (χ2v) is 7.36. The number of amides is 1. The Balaban J connectivity index is 1.71. The second-order valence-electron chi connectivity index (χ2n) is 7.36. The van der Waals surface area contributed by atoms with Gasteiger partial charge in [-0.1, -0.05) is 49.4 Å². The highest BCUT2D eigenvalue weighted by Gasteiger charge is 2.21. The minimum atomic E-state index is -0.502. The molecule has 4 aromatic rings. The maximum atomic E-state index is 13.7. The number of fused-ring (bicyclic) bond motifs is 1. The van der Waals surface area contributed by atoms with E-state index >= 15 is 0 Å². The van der Waals surface area contributed by atoms with Crippen LogP contribution in [0, 0.1) is 12.7 Å². The van der Waals surface area contributed by atoms with Crippen molar-refractivity contribution in [3.63, 3.8) is 0 Å². The van der Waals surface area contributed by atoms with Gasteiger partial charge in [0.15, 0.2) is 5.82 Å². The van der Waals surface area contributed by atoms with Crippen LogP contribution in [0.25, 0.3) is 11.0 Å². The lowest BCUT2D eigenvalue weighted by molar-refractivity contribution is -0.116. The zero-order chi connectivity index (χ0) is 22.0. The summed E-state index contributed by atoms with van der Waals surface area (Å²) in [6.45, 7) is 3.89. The van der Waals surface area contributed by atoms with Crippen molar-refractivity contribution in [1.29, 1.82) is 0 Å². The predicted molar refractivity (Wildman–Crippen MR) is 119 cm³/mol. The second kappa shape index (κ2) is 8.52. The topological polar surface area (TPSA) is 64.0 Å². The van der Waals surface area contributed by atoms with E-state index in [2.05, 4.69) is 10.3 Å². The van der Waals surface area contributed by atoms with Gasteiger partial charge in [0, 0.05) is 11.3 Å². The summed E-state index contributed by atoms with van der Waals surface area (Å²) in [5.41, 5.74) is 4.25. The number of benzene rings is 3. The van der Waals surface area contributed by atoms with Gasteiger partial charge in [-0.3, -0.25) is 9.59 Å². The first kappa shape index (κ1) is 20.5. The van der Waals surface area contributed by atoms with Gasteiger partial charge in [-0.25, -0.2) is 9.37 Å². The van der Waals surface area contributed by atoms with Crippen LogP contribution in [0.15, 0.2) is 66.7 Å². The van der Waals surface area contributed by atoms with Crippen LogP contribution in [0.1, 0.15) is 34.2 Å².